The molecule has 0 aliphatic rings. The molecule has 4 N–H and O–H groups in total. The molecule has 0 heterocycles. The monoisotopic (exact) mass is 332 g/mol. The molecule has 0 fully saturated rings. The van der Waals surface area contributed by atoms with Crippen molar-refractivity contribution in [3.8, 4) is 0 Å². The molecule has 0 aliphatic carbocycles. The molecule has 0 aromatic rings. The van der Waals surface area contributed by atoms with Crippen LogP contribution >= 0.6 is 0 Å². The van der Waals surface area contributed by atoms with Gasteiger partial charge in [0.2, 0.25) is 0 Å². The molecule has 0 spiro atoms. The van der Waals surface area contributed by atoms with Gasteiger partial charge in [-0.1, -0.05) is 13.8 Å². The first-order valence-corrected chi connectivity index (χ1v) is 3.97. The van der Waals surface area contributed by atoms with Crippen LogP contribution in [0.25, 0.3) is 0 Å². The molecule has 0 amide bonds. The fraction of sp³-hybridized carbons (Fsp3) is 0.400. The van der Waals surface area contributed by atoms with Gasteiger partial charge in [-0.3, -0.25) is 9.59 Å². The van der Waals surface area contributed by atoms with Crippen molar-refractivity contribution in [1.82, 2.24) is 0 Å². The number of hydrogen-bond acceptors (Lipinski definition) is 4. The summed E-state index contributed by atoms with van der Waals surface area (Å²) in [5.74, 6) is -0.750. The Morgan fingerprint density at radius 1 is 0.765 bits per heavy atom. The predicted octanol–water partition coefficient (Wildman–Crippen LogP) is -1.97. The Morgan fingerprint density at radius 3 is 0.941 bits per heavy atom. The first kappa shape index (κ1) is 29.8. The second-order valence-electron chi connectivity index (χ2n) is 2.73. The van der Waals surface area contributed by atoms with Crippen molar-refractivity contribution in [3.05, 3.63) is 23.7 Å². The van der Waals surface area contributed by atoms with Gasteiger partial charge in [0.1, 0.15) is 0 Å². The van der Waals surface area contributed by atoms with Gasteiger partial charge in [0.25, 0.3) is 0 Å². The van der Waals surface area contributed by atoms with Gasteiger partial charge in [0.05, 0.1) is 0 Å². The summed E-state index contributed by atoms with van der Waals surface area (Å²) in [4.78, 5) is 20.0. The summed E-state index contributed by atoms with van der Waals surface area (Å²) in [6.07, 6.45) is 2.11. The van der Waals surface area contributed by atoms with Crippen molar-refractivity contribution in [2.24, 2.45) is 0 Å². The number of carbonyl (C=O) groups is 2. The number of carbonyl (C=O) groups excluding carboxylic acids is 2. The van der Waals surface area contributed by atoms with Gasteiger partial charge in [-0.15, -0.1) is 11.5 Å². The molecule has 0 aromatic heterocycles. The molecule has 0 saturated heterocycles. The van der Waals surface area contributed by atoms with Gasteiger partial charge in [-0.05, 0) is 26.0 Å². The summed E-state index contributed by atoms with van der Waals surface area (Å²) in [6.45, 7) is 5.39. The van der Waals surface area contributed by atoms with E-state index in [1.165, 1.54) is 27.7 Å². The molecule has 6 nitrogen and oxygen atoms in total. The van der Waals surface area contributed by atoms with Crippen LogP contribution < -0.4 is 10.2 Å². The summed E-state index contributed by atoms with van der Waals surface area (Å²) < 4.78 is 0. The van der Waals surface area contributed by atoms with Crippen LogP contribution in [0.1, 0.15) is 27.7 Å². The zero-order chi connectivity index (χ0) is 11.7. The minimum absolute atomic E-state index is 0. The smallest absolute Gasteiger partial charge is 0.876 e. The average Bonchev–Trinajstić information content (AvgIpc) is 1.79. The number of ketones is 2. The Balaban J connectivity index is -0.0000000480. The van der Waals surface area contributed by atoms with E-state index in [9.17, 15) is 19.8 Å². The summed E-state index contributed by atoms with van der Waals surface area (Å²) in [7, 11) is 0. The van der Waals surface area contributed by atoms with E-state index in [4.69, 9.17) is 0 Å². The zero-order valence-corrected chi connectivity index (χ0v) is 12.2. The van der Waals surface area contributed by atoms with E-state index in [0.717, 1.165) is 12.2 Å². The molecule has 17 heavy (non-hydrogen) atoms. The summed E-state index contributed by atoms with van der Waals surface area (Å²) in [5.41, 5.74) is 0. The molecule has 0 saturated carbocycles. The number of allylic oxidation sites excluding steroid dienone is 4. The average molecular weight is 330 g/mol. The van der Waals surface area contributed by atoms with Crippen LogP contribution in [0.5, 0.6) is 0 Å². The predicted molar refractivity (Wildman–Crippen MR) is 56.1 cm³/mol. The summed E-state index contributed by atoms with van der Waals surface area (Å²) in [5, 5.41) is 20.0. The molecular formula is C10H18MoO6. The second kappa shape index (κ2) is 17.4. The molecule has 100 valence electrons. The molecule has 0 atom stereocenters. The van der Waals surface area contributed by atoms with E-state index in [1.54, 1.807) is 0 Å². The van der Waals surface area contributed by atoms with Crippen LogP contribution in [-0.2, 0) is 30.7 Å². The van der Waals surface area contributed by atoms with Gasteiger partial charge >= 0.3 is 21.1 Å². The Labute approximate surface area is 115 Å². The van der Waals surface area contributed by atoms with Gasteiger partial charge in [0, 0.05) is 0 Å². The molecule has 0 aromatic carbocycles. The second-order valence-corrected chi connectivity index (χ2v) is 2.73. The maximum absolute atomic E-state index is 9.98. The normalized spacial score (nSPS) is 9.41. The Kier molecular flexibility index (Phi) is 30.5. The molecule has 0 aliphatic heterocycles. The fourth-order valence-corrected chi connectivity index (χ4v) is 0.572. The van der Waals surface area contributed by atoms with Gasteiger partial charge in [0.15, 0.2) is 11.6 Å². The van der Waals surface area contributed by atoms with Crippen LogP contribution in [0.2, 0.25) is 0 Å². The van der Waals surface area contributed by atoms with E-state index in [-0.39, 0.29) is 55.1 Å². The summed E-state index contributed by atoms with van der Waals surface area (Å²) >= 11 is 0. The molecule has 0 radical (unpaired) electrons. The topological polar surface area (TPSA) is 143 Å². The minimum Gasteiger partial charge on any atom is -0.876 e. The van der Waals surface area contributed by atoms with E-state index in [2.05, 4.69) is 0 Å². The molecule has 7 heteroatoms. The van der Waals surface area contributed by atoms with Crippen molar-refractivity contribution in [1.29, 1.82) is 0 Å². The number of hydrogen-bond donors (Lipinski definition) is 0. The molecule has 0 unspecified atom stereocenters. The van der Waals surface area contributed by atoms with Crippen molar-refractivity contribution >= 4 is 11.6 Å². The van der Waals surface area contributed by atoms with Crippen molar-refractivity contribution in [2.75, 3.05) is 0 Å². The largest absolute Gasteiger partial charge is 2.00 e. The third-order valence-corrected chi connectivity index (χ3v) is 0.813. The SMILES string of the molecule is CC(=O)/C=C(/C)[O-].CC(=O)/C=C(/C)[O-].O.O.[Mo+2]. The molecular weight excluding hydrogens is 312 g/mol. The van der Waals surface area contributed by atoms with Gasteiger partial charge in [-0.25, -0.2) is 0 Å². The van der Waals surface area contributed by atoms with Crippen molar-refractivity contribution in [2.45, 2.75) is 27.7 Å². The minimum atomic E-state index is -0.187. The van der Waals surface area contributed by atoms with Crippen LogP contribution in [0.3, 0.4) is 0 Å². The third-order valence-electron chi connectivity index (χ3n) is 0.813. The van der Waals surface area contributed by atoms with E-state index >= 15 is 0 Å². The zero-order valence-electron chi connectivity index (χ0n) is 10.2. The van der Waals surface area contributed by atoms with E-state index in [1.807, 2.05) is 0 Å². The quantitative estimate of drug-likeness (QED) is 0.328. The van der Waals surface area contributed by atoms with Crippen molar-refractivity contribution < 1.29 is 51.8 Å². The van der Waals surface area contributed by atoms with Crippen LogP contribution in [0.4, 0.5) is 0 Å². The van der Waals surface area contributed by atoms with Gasteiger partial charge in [-0.2, -0.15) is 0 Å². The maximum atomic E-state index is 9.98. The first-order valence-electron chi connectivity index (χ1n) is 3.97. The fourth-order valence-electron chi connectivity index (χ4n) is 0.572. The van der Waals surface area contributed by atoms with Crippen molar-refractivity contribution in [3.63, 3.8) is 0 Å². The Morgan fingerprint density at radius 2 is 0.941 bits per heavy atom. The summed E-state index contributed by atoms with van der Waals surface area (Å²) in [6, 6.07) is 0. The number of rotatable bonds is 2. The Bertz CT molecular complexity index is 234. The van der Waals surface area contributed by atoms with Crippen LogP contribution in [0.15, 0.2) is 23.7 Å². The maximum Gasteiger partial charge on any atom is 2.00 e. The van der Waals surface area contributed by atoms with Crippen LogP contribution in [0, 0.1) is 0 Å². The molecule has 0 bridgehead atoms. The molecule has 0 rings (SSSR count). The van der Waals surface area contributed by atoms with Gasteiger partial charge < -0.3 is 21.2 Å². The first-order chi connectivity index (χ1) is 6.25. The Hall–Kier alpha value is -0.972. The third kappa shape index (κ3) is 51.6. The van der Waals surface area contributed by atoms with Crippen LogP contribution in [-0.4, -0.2) is 22.5 Å². The standard InChI is InChI=1S/2C5H8O2.Mo.2H2O/c2*1-4(6)3-5(2)7;;;/h2*3,6H,1-2H3;;2*1H2/q;;+2;;/p-2/b2*4-3-;;;. The van der Waals surface area contributed by atoms with E-state index < -0.39 is 0 Å². The van der Waals surface area contributed by atoms with E-state index in [0.29, 0.717) is 0 Å².